The molecule has 8 bridgehead atoms. The van der Waals surface area contributed by atoms with Gasteiger partial charge in [-0.15, -0.1) is 22.1 Å². The van der Waals surface area contributed by atoms with E-state index in [4.69, 9.17) is 19.9 Å². The van der Waals surface area contributed by atoms with Crippen LogP contribution >= 0.6 is 0 Å². The predicted octanol–water partition coefficient (Wildman–Crippen LogP) is 9.40. The average Bonchev–Trinajstić information content (AvgIpc) is 3.99. The van der Waals surface area contributed by atoms with Crippen molar-refractivity contribution in [1.29, 1.82) is 0 Å². The van der Waals surface area contributed by atoms with E-state index in [1.54, 1.807) is 48.5 Å². The number of hydrogen-bond donors (Lipinski definition) is 4. The van der Waals surface area contributed by atoms with E-state index in [1.807, 2.05) is 97.1 Å². The Hall–Kier alpha value is -6.81. The summed E-state index contributed by atoms with van der Waals surface area (Å²) in [5.41, 5.74) is 11.8. The van der Waals surface area contributed by atoms with Crippen LogP contribution in [0.5, 0.6) is 23.0 Å². The maximum atomic E-state index is 10.2. The number of rotatable bonds is 4. The third-order valence-electron chi connectivity index (χ3n) is 9.23. The topological polar surface area (TPSA) is 135 Å². The van der Waals surface area contributed by atoms with Gasteiger partial charge in [0.2, 0.25) is 0 Å². The molecule has 0 atom stereocenters. The van der Waals surface area contributed by atoms with Crippen molar-refractivity contribution in [3.05, 3.63) is 144 Å². The van der Waals surface area contributed by atoms with E-state index in [0.29, 0.717) is 44.8 Å². The zero-order chi connectivity index (χ0) is 35.3. The third kappa shape index (κ3) is 6.14. The zero-order valence-corrected chi connectivity index (χ0v) is 28.8. The Morgan fingerprint density at radius 3 is 0.717 bits per heavy atom. The van der Waals surface area contributed by atoms with Crippen molar-refractivity contribution in [3.8, 4) is 67.5 Å². The van der Waals surface area contributed by atoms with Crippen LogP contribution < -0.4 is 9.97 Å². The van der Waals surface area contributed by atoms with E-state index in [-0.39, 0.29) is 39.8 Å². The summed E-state index contributed by atoms with van der Waals surface area (Å²) in [5, 5.41) is 40.6. The molecule has 0 saturated carbocycles. The van der Waals surface area contributed by atoms with Gasteiger partial charge in [0, 0.05) is 0 Å². The van der Waals surface area contributed by atoms with Gasteiger partial charge < -0.3 is 30.4 Å². The summed E-state index contributed by atoms with van der Waals surface area (Å²) < 4.78 is 0. The Kier molecular flexibility index (Phi) is 8.42. The molecule has 2 aliphatic heterocycles. The number of phenols is 4. The van der Waals surface area contributed by atoms with E-state index in [1.165, 1.54) is 0 Å². The molecular weight excluding hydrogens is 707 g/mol. The van der Waals surface area contributed by atoms with Crippen LogP contribution in [0, 0.1) is 0 Å². The molecule has 2 aliphatic rings. The van der Waals surface area contributed by atoms with Gasteiger partial charge in [0.05, 0.1) is 22.8 Å². The number of hydrogen-bond acceptors (Lipinski definition) is 6. The van der Waals surface area contributed by atoms with Gasteiger partial charge in [-0.3, -0.25) is 0 Å². The molecule has 7 aromatic rings. The number of fused-ring (bicyclic) bond motifs is 8. The molecule has 8 nitrogen and oxygen atoms in total. The smallest absolute Gasteiger partial charge is 0.657 e. The normalized spacial score (nSPS) is 11.8. The van der Waals surface area contributed by atoms with Crippen molar-refractivity contribution in [2.45, 2.75) is 0 Å². The second kappa shape index (κ2) is 13.4. The maximum Gasteiger partial charge on any atom is 2.00 e. The molecule has 0 aliphatic carbocycles. The standard InChI is InChI=1S/C44H28N4O4.Co/c49-29-9-1-25(2-10-29)41-33-17-19-35(45-33)42(26-3-11-30(50)12-4-26)37-21-23-39(47-37)44(28-7-15-32(52)16-8-28)40-24-22-38(48-40)43(36-20-18-34(41)46-36)27-5-13-31(51)14-6-27;/h1-24H,(H4-2,45,46,47,48,49,50,51,52);/q-2;+2. The predicted molar refractivity (Wildman–Crippen MR) is 205 cm³/mol. The first-order valence-corrected chi connectivity index (χ1v) is 16.6. The van der Waals surface area contributed by atoms with Crippen LogP contribution in [0.15, 0.2) is 121 Å². The molecular formula is C44H28CoN4O4. The number of nitrogens with zero attached hydrogens (tertiary/aromatic N) is 4. The van der Waals surface area contributed by atoms with Crippen LogP contribution in [-0.4, -0.2) is 30.4 Å². The fourth-order valence-corrected chi connectivity index (χ4v) is 6.78. The van der Waals surface area contributed by atoms with Crippen molar-refractivity contribution in [1.82, 2.24) is 19.9 Å². The Morgan fingerprint density at radius 1 is 0.302 bits per heavy atom. The number of aromatic nitrogens is 4. The van der Waals surface area contributed by atoms with Crippen molar-refractivity contribution in [3.63, 3.8) is 0 Å². The van der Waals surface area contributed by atoms with Gasteiger partial charge in [0.25, 0.3) is 0 Å². The van der Waals surface area contributed by atoms with Crippen molar-refractivity contribution >= 4 is 46.4 Å². The zero-order valence-electron chi connectivity index (χ0n) is 27.8. The van der Waals surface area contributed by atoms with Gasteiger partial charge in [0.1, 0.15) is 23.0 Å². The summed E-state index contributed by atoms with van der Waals surface area (Å²) in [6, 6.07) is 35.7. The second-order valence-corrected chi connectivity index (χ2v) is 12.5. The van der Waals surface area contributed by atoms with Crippen molar-refractivity contribution in [2.24, 2.45) is 0 Å². The molecule has 3 aromatic heterocycles. The summed E-state index contributed by atoms with van der Waals surface area (Å²) >= 11 is 0. The maximum absolute atomic E-state index is 10.2. The van der Waals surface area contributed by atoms with Crippen LogP contribution in [0.1, 0.15) is 22.8 Å². The molecule has 0 fully saturated rings. The SMILES string of the molecule is Oc1ccc(-c2c3nc(c(-c4ccc(O)cc4)c4ccc([n-]4)c(-c4ccc(O)cc4)c4nc(c(-c5ccc(O)cc5)c5ccc2[n-]5)C=C4)C=C3)cc1.[Co+2]. The van der Waals surface area contributed by atoms with Gasteiger partial charge in [-0.1, -0.05) is 72.8 Å². The molecule has 9 heteroatoms. The first kappa shape index (κ1) is 33.3. The van der Waals surface area contributed by atoms with Crippen LogP contribution in [-0.2, 0) is 16.8 Å². The fraction of sp³-hybridized carbons (Fsp3) is 0. The number of phenolic OH excluding ortho intramolecular Hbond substituents is 4. The van der Waals surface area contributed by atoms with Crippen molar-refractivity contribution < 1.29 is 37.2 Å². The minimum atomic E-state index is 0. The molecule has 0 spiro atoms. The summed E-state index contributed by atoms with van der Waals surface area (Å²) in [6.07, 6.45) is 7.82. The summed E-state index contributed by atoms with van der Waals surface area (Å²) in [6.45, 7) is 0. The fourth-order valence-electron chi connectivity index (χ4n) is 6.78. The Balaban J connectivity index is 0.00000400. The van der Waals surface area contributed by atoms with Gasteiger partial charge >= 0.3 is 16.8 Å². The quantitative estimate of drug-likeness (QED) is 0.141. The minimum Gasteiger partial charge on any atom is -0.657 e. The third-order valence-corrected chi connectivity index (χ3v) is 9.23. The summed E-state index contributed by atoms with van der Waals surface area (Å²) in [4.78, 5) is 20.8. The molecule has 0 unspecified atom stereocenters. The van der Waals surface area contributed by atoms with Gasteiger partial charge in [0.15, 0.2) is 0 Å². The van der Waals surface area contributed by atoms with Crippen LogP contribution in [0.4, 0.5) is 0 Å². The molecule has 4 N–H and O–H groups in total. The molecule has 9 rings (SSSR count). The molecule has 53 heavy (non-hydrogen) atoms. The van der Waals surface area contributed by atoms with E-state index in [9.17, 15) is 20.4 Å². The summed E-state index contributed by atoms with van der Waals surface area (Å²) in [5.74, 6) is 0.594. The largest absolute Gasteiger partial charge is 2.00 e. The summed E-state index contributed by atoms with van der Waals surface area (Å²) in [7, 11) is 0. The van der Waals surface area contributed by atoms with E-state index >= 15 is 0 Å². The Labute approximate surface area is 314 Å². The second-order valence-electron chi connectivity index (χ2n) is 12.5. The van der Waals surface area contributed by atoms with E-state index in [0.717, 1.165) is 44.5 Å². The van der Waals surface area contributed by atoms with Crippen LogP contribution in [0.25, 0.3) is 90.9 Å². The monoisotopic (exact) mass is 735 g/mol. The Bertz CT molecular complexity index is 2370. The van der Waals surface area contributed by atoms with Gasteiger partial charge in [-0.25, -0.2) is 9.97 Å². The van der Waals surface area contributed by atoms with Gasteiger partial charge in [-0.2, -0.15) is 0 Å². The first-order chi connectivity index (χ1) is 25.4. The molecule has 0 amide bonds. The average molecular weight is 736 g/mol. The van der Waals surface area contributed by atoms with Crippen molar-refractivity contribution in [2.75, 3.05) is 0 Å². The number of aromatic hydroxyl groups is 4. The molecule has 0 saturated heterocycles. The van der Waals surface area contributed by atoms with Crippen LogP contribution in [0.3, 0.4) is 0 Å². The molecule has 5 heterocycles. The first-order valence-electron chi connectivity index (χ1n) is 16.6. The number of benzene rings is 4. The molecule has 1 radical (unpaired) electrons. The Morgan fingerprint density at radius 2 is 0.509 bits per heavy atom. The van der Waals surface area contributed by atoms with E-state index in [2.05, 4.69) is 0 Å². The van der Waals surface area contributed by atoms with Crippen LogP contribution in [0.2, 0.25) is 0 Å². The van der Waals surface area contributed by atoms with Gasteiger partial charge in [-0.05, 0) is 117 Å². The molecule has 4 aromatic carbocycles. The van der Waals surface area contributed by atoms with E-state index < -0.39 is 0 Å². The molecule has 257 valence electrons. The minimum absolute atomic E-state index is 0.